The molecule has 98 valence electrons. The van der Waals surface area contributed by atoms with E-state index in [0.29, 0.717) is 12.0 Å². The van der Waals surface area contributed by atoms with Gasteiger partial charge >= 0.3 is 0 Å². The van der Waals surface area contributed by atoms with E-state index in [4.69, 9.17) is 4.74 Å². The molecule has 0 radical (unpaired) electrons. The molecule has 4 nitrogen and oxygen atoms in total. The van der Waals surface area contributed by atoms with Crippen molar-refractivity contribution in [2.75, 3.05) is 6.61 Å². The van der Waals surface area contributed by atoms with Crippen LogP contribution in [0.3, 0.4) is 0 Å². The molecule has 0 aromatic heterocycles. The second-order valence-electron chi connectivity index (χ2n) is 5.57. The van der Waals surface area contributed by atoms with Crippen molar-refractivity contribution < 1.29 is 9.66 Å². The van der Waals surface area contributed by atoms with E-state index in [1.807, 2.05) is 0 Å². The summed E-state index contributed by atoms with van der Waals surface area (Å²) in [4.78, 5) is 10.7. The number of nitro groups is 1. The van der Waals surface area contributed by atoms with Crippen molar-refractivity contribution in [3.8, 4) is 0 Å². The van der Waals surface area contributed by atoms with Crippen LogP contribution in [0.1, 0.15) is 57.8 Å². The predicted octanol–water partition coefficient (Wildman–Crippen LogP) is 3.17. The molecule has 17 heavy (non-hydrogen) atoms. The van der Waals surface area contributed by atoms with Gasteiger partial charge in [0, 0.05) is 17.8 Å². The van der Waals surface area contributed by atoms with E-state index in [1.165, 1.54) is 32.1 Å². The highest BCUT2D eigenvalue weighted by atomic mass is 16.6. The number of hydrogen-bond acceptors (Lipinski definition) is 3. The average molecular weight is 241 g/mol. The standard InChI is InChI=1S/C13H23NO3/c15-14(16)12-6-4-5-11(9-12)10-17-13-7-2-1-3-8-13/h11-13H,1-10H2. The molecule has 0 saturated heterocycles. The third-order valence-electron chi connectivity index (χ3n) is 4.17. The maximum absolute atomic E-state index is 10.8. The molecule has 0 N–H and O–H groups in total. The molecule has 2 aliphatic carbocycles. The molecule has 0 aliphatic heterocycles. The molecular formula is C13H23NO3. The molecule has 0 spiro atoms. The summed E-state index contributed by atoms with van der Waals surface area (Å²) in [5.41, 5.74) is 0. The molecule has 0 amide bonds. The second-order valence-corrected chi connectivity index (χ2v) is 5.57. The van der Waals surface area contributed by atoms with Crippen molar-refractivity contribution >= 4 is 0 Å². The third kappa shape index (κ3) is 3.95. The monoisotopic (exact) mass is 241 g/mol. The SMILES string of the molecule is O=[N+]([O-])C1CCCC(COC2CCCCC2)C1. The van der Waals surface area contributed by atoms with Gasteiger partial charge in [-0.2, -0.15) is 0 Å². The maximum atomic E-state index is 10.8. The summed E-state index contributed by atoms with van der Waals surface area (Å²) in [6, 6.07) is -0.316. The Morgan fingerprint density at radius 1 is 1.06 bits per heavy atom. The fraction of sp³-hybridized carbons (Fsp3) is 1.00. The van der Waals surface area contributed by atoms with E-state index in [0.717, 1.165) is 32.3 Å². The molecule has 2 saturated carbocycles. The fourth-order valence-corrected chi connectivity index (χ4v) is 3.11. The summed E-state index contributed by atoms with van der Waals surface area (Å²) in [6.45, 7) is 0.745. The lowest BCUT2D eigenvalue weighted by atomic mass is 9.86. The van der Waals surface area contributed by atoms with Gasteiger partial charge < -0.3 is 4.74 Å². The summed E-state index contributed by atoms with van der Waals surface area (Å²) in [6.07, 6.45) is 10.3. The Kier molecular flexibility index (Phi) is 4.77. The van der Waals surface area contributed by atoms with Crippen molar-refractivity contribution in [2.45, 2.75) is 69.9 Å². The van der Waals surface area contributed by atoms with Gasteiger partial charge in [-0.15, -0.1) is 0 Å². The van der Waals surface area contributed by atoms with Crippen LogP contribution in [-0.4, -0.2) is 23.7 Å². The first-order valence-electron chi connectivity index (χ1n) is 7.01. The normalized spacial score (nSPS) is 31.3. The summed E-state index contributed by atoms with van der Waals surface area (Å²) in [5.74, 6) is 0.418. The van der Waals surface area contributed by atoms with E-state index in [-0.39, 0.29) is 11.0 Å². The Labute approximate surface area is 103 Å². The van der Waals surface area contributed by atoms with Gasteiger partial charge in [-0.05, 0) is 31.6 Å². The Balaban J connectivity index is 1.69. The first kappa shape index (κ1) is 12.8. The zero-order valence-electron chi connectivity index (χ0n) is 10.5. The van der Waals surface area contributed by atoms with Gasteiger partial charge in [0.05, 0.1) is 12.7 Å². The van der Waals surface area contributed by atoms with Crippen LogP contribution in [0.25, 0.3) is 0 Å². The van der Waals surface area contributed by atoms with Crippen molar-refractivity contribution in [3.63, 3.8) is 0 Å². The van der Waals surface area contributed by atoms with Crippen LogP contribution in [0.4, 0.5) is 0 Å². The minimum atomic E-state index is -0.316. The average Bonchev–Trinajstić information content (AvgIpc) is 2.38. The zero-order chi connectivity index (χ0) is 12.1. The Hall–Kier alpha value is -0.640. The van der Waals surface area contributed by atoms with Crippen LogP contribution < -0.4 is 0 Å². The number of nitrogens with zero attached hydrogens (tertiary/aromatic N) is 1. The highest BCUT2D eigenvalue weighted by Crippen LogP contribution is 2.28. The van der Waals surface area contributed by atoms with E-state index >= 15 is 0 Å². The summed E-state index contributed by atoms with van der Waals surface area (Å²) in [5, 5.41) is 10.8. The molecule has 4 heteroatoms. The number of rotatable bonds is 4. The van der Waals surface area contributed by atoms with Crippen LogP contribution in [0.5, 0.6) is 0 Å². The van der Waals surface area contributed by atoms with Crippen molar-refractivity contribution in [2.24, 2.45) is 5.92 Å². The van der Waals surface area contributed by atoms with Gasteiger partial charge in [0.1, 0.15) is 0 Å². The van der Waals surface area contributed by atoms with Gasteiger partial charge in [-0.25, -0.2) is 0 Å². The van der Waals surface area contributed by atoms with Crippen LogP contribution >= 0.6 is 0 Å². The first-order valence-corrected chi connectivity index (χ1v) is 7.01. The Morgan fingerprint density at radius 3 is 2.53 bits per heavy atom. The molecule has 2 fully saturated rings. The summed E-state index contributed by atoms with van der Waals surface area (Å²) >= 11 is 0. The van der Waals surface area contributed by atoms with E-state index in [2.05, 4.69) is 0 Å². The van der Waals surface area contributed by atoms with Gasteiger partial charge in [-0.3, -0.25) is 10.1 Å². The lowest BCUT2D eigenvalue weighted by molar-refractivity contribution is -0.528. The minimum absolute atomic E-state index is 0.104. The largest absolute Gasteiger partial charge is 0.378 e. The molecular weight excluding hydrogens is 218 g/mol. The topological polar surface area (TPSA) is 52.4 Å². The third-order valence-corrected chi connectivity index (χ3v) is 4.17. The predicted molar refractivity (Wildman–Crippen MR) is 65.6 cm³/mol. The molecule has 2 unspecified atom stereocenters. The van der Waals surface area contributed by atoms with Gasteiger partial charge in [0.15, 0.2) is 0 Å². The summed E-state index contributed by atoms with van der Waals surface area (Å²) < 4.78 is 5.93. The van der Waals surface area contributed by atoms with Crippen molar-refractivity contribution in [3.05, 3.63) is 10.1 Å². The second kappa shape index (κ2) is 6.34. The number of ether oxygens (including phenoxy) is 1. The van der Waals surface area contributed by atoms with Crippen molar-refractivity contribution in [1.29, 1.82) is 0 Å². The first-order chi connectivity index (χ1) is 8.25. The Bertz CT molecular complexity index is 251. The lowest BCUT2D eigenvalue weighted by Crippen LogP contribution is -2.30. The van der Waals surface area contributed by atoms with Gasteiger partial charge in [0.2, 0.25) is 6.04 Å². The van der Waals surface area contributed by atoms with Gasteiger partial charge in [-0.1, -0.05) is 19.3 Å². The van der Waals surface area contributed by atoms with E-state index in [1.54, 1.807) is 0 Å². The Morgan fingerprint density at radius 2 is 1.82 bits per heavy atom. The quantitative estimate of drug-likeness (QED) is 0.561. The smallest absolute Gasteiger partial charge is 0.213 e. The molecule has 0 aromatic rings. The zero-order valence-corrected chi connectivity index (χ0v) is 10.5. The molecule has 2 aliphatic rings. The van der Waals surface area contributed by atoms with Crippen LogP contribution in [-0.2, 0) is 4.74 Å². The van der Waals surface area contributed by atoms with Crippen LogP contribution in [0.15, 0.2) is 0 Å². The van der Waals surface area contributed by atoms with Crippen molar-refractivity contribution in [1.82, 2.24) is 0 Å². The fourth-order valence-electron chi connectivity index (χ4n) is 3.11. The number of hydrogen-bond donors (Lipinski definition) is 0. The molecule has 0 aromatic carbocycles. The highest BCUT2D eigenvalue weighted by molar-refractivity contribution is 4.74. The van der Waals surface area contributed by atoms with E-state index in [9.17, 15) is 10.1 Å². The van der Waals surface area contributed by atoms with Crippen LogP contribution in [0.2, 0.25) is 0 Å². The van der Waals surface area contributed by atoms with Crippen LogP contribution in [0, 0.1) is 16.0 Å². The maximum Gasteiger partial charge on any atom is 0.213 e. The minimum Gasteiger partial charge on any atom is -0.378 e. The molecule has 0 heterocycles. The van der Waals surface area contributed by atoms with E-state index < -0.39 is 0 Å². The van der Waals surface area contributed by atoms with Gasteiger partial charge in [0.25, 0.3) is 0 Å². The lowest BCUT2D eigenvalue weighted by Gasteiger charge is -2.28. The highest BCUT2D eigenvalue weighted by Gasteiger charge is 2.30. The molecule has 0 bridgehead atoms. The molecule has 2 atom stereocenters. The molecule has 2 rings (SSSR count). The summed E-state index contributed by atoms with van der Waals surface area (Å²) in [7, 11) is 0.